The van der Waals surface area contributed by atoms with E-state index >= 15 is 0 Å². The fraction of sp³-hybridized carbons (Fsp3) is 0.429. The average molecular weight is 415 g/mol. The van der Waals surface area contributed by atoms with Crippen molar-refractivity contribution >= 4 is 15.8 Å². The highest BCUT2D eigenvalue weighted by Gasteiger charge is 2.25. The van der Waals surface area contributed by atoms with Crippen LogP contribution in [0.1, 0.15) is 29.5 Å². The zero-order chi connectivity index (χ0) is 21.0. The quantitative estimate of drug-likeness (QED) is 0.781. The number of piperidine rings is 1. The highest BCUT2D eigenvalue weighted by molar-refractivity contribution is 7.89. The van der Waals surface area contributed by atoms with Crippen molar-refractivity contribution in [2.45, 2.75) is 31.6 Å². The molecule has 1 saturated heterocycles. The van der Waals surface area contributed by atoms with Gasteiger partial charge in [0.15, 0.2) is 0 Å². The van der Waals surface area contributed by atoms with E-state index in [0.717, 1.165) is 37.1 Å². The number of nitrogens with one attached hydrogen (secondary N) is 1. The molecule has 3 rings (SSSR count). The van der Waals surface area contributed by atoms with Gasteiger partial charge < -0.3 is 9.64 Å². The van der Waals surface area contributed by atoms with Crippen LogP contribution in [0.4, 0.5) is 5.82 Å². The predicted octanol–water partition coefficient (Wildman–Crippen LogP) is 2.77. The van der Waals surface area contributed by atoms with Crippen LogP contribution in [0.3, 0.4) is 0 Å². The van der Waals surface area contributed by atoms with Gasteiger partial charge in [0.2, 0.25) is 10.0 Å². The third-order valence-electron chi connectivity index (χ3n) is 5.45. The lowest BCUT2D eigenvalue weighted by Crippen LogP contribution is -2.39. The van der Waals surface area contributed by atoms with Crippen LogP contribution in [-0.4, -0.2) is 40.1 Å². The lowest BCUT2D eigenvalue weighted by Gasteiger charge is -2.33. The summed E-state index contributed by atoms with van der Waals surface area (Å²) in [6.45, 7) is 5.67. The molecule has 1 aromatic heterocycles. The first-order valence-corrected chi connectivity index (χ1v) is 11.1. The van der Waals surface area contributed by atoms with Crippen molar-refractivity contribution in [2.75, 3.05) is 31.6 Å². The van der Waals surface area contributed by atoms with Crippen molar-refractivity contribution in [1.29, 1.82) is 5.26 Å². The Bertz CT molecular complexity index is 1020. The number of sulfonamides is 1. The number of ether oxygens (including phenoxy) is 1. The van der Waals surface area contributed by atoms with Gasteiger partial charge in [-0.3, -0.25) is 0 Å². The number of anilines is 1. The van der Waals surface area contributed by atoms with E-state index in [1.54, 1.807) is 30.5 Å². The monoisotopic (exact) mass is 414 g/mol. The SMILES string of the molecule is COc1cc(C)c(C)cc1S(=O)(=O)NCC1CCN(c2ncccc2C#N)CC1. The van der Waals surface area contributed by atoms with Gasteiger partial charge in [-0.25, -0.2) is 18.1 Å². The third kappa shape index (κ3) is 4.69. The lowest BCUT2D eigenvalue weighted by molar-refractivity contribution is 0.394. The molecule has 0 bridgehead atoms. The number of nitriles is 1. The smallest absolute Gasteiger partial charge is 0.244 e. The fourth-order valence-electron chi connectivity index (χ4n) is 3.52. The van der Waals surface area contributed by atoms with Crippen molar-refractivity contribution in [2.24, 2.45) is 5.92 Å². The molecular formula is C21H26N4O3S. The Kier molecular flexibility index (Phi) is 6.40. The van der Waals surface area contributed by atoms with Crippen LogP contribution in [0.2, 0.25) is 0 Å². The van der Waals surface area contributed by atoms with Gasteiger partial charge in [-0.15, -0.1) is 0 Å². The molecule has 0 atom stereocenters. The second-order valence-electron chi connectivity index (χ2n) is 7.36. The molecule has 0 radical (unpaired) electrons. The molecular weight excluding hydrogens is 388 g/mol. The molecule has 8 heteroatoms. The molecule has 1 N–H and O–H groups in total. The van der Waals surface area contributed by atoms with E-state index in [1.165, 1.54) is 7.11 Å². The minimum atomic E-state index is -3.66. The van der Waals surface area contributed by atoms with Gasteiger partial charge in [-0.05, 0) is 68.0 Å². The maximum atomic E-state index is 12.8. The van der Waals surface area contributed by atoms with Gasteiger partial charge in [-0.2, -0.15) is 5.26 Å². The number of pyridine rings is 1. The maximum absolute atomic E-state index is 12.8. The van der Waals surface area contributed by atoms with Crippen LogP contribution in [0.15, 0.2) is 35.4 Å². The summed E-state index contributed by atoms with van der Waals surface area (Å²) in [5.41, 5.74) is 2.45. The molecule has 1 fully saturated rings. The van der Waals surface area contributed by atoms with Crippen molar-refractivity contribution in [3.63, 3.8) is 0 Å². The number of benzene rings is 1. The second kappa shape index (κ2) is 8.80. The largest absolute Gasteiger partial charge is 0.495 e. The average Bonchev–Trinajstić information content (AvgIpc) is 2.74. The summed E-state index contributed by atoms with van der Waals surface area (Å²) in [7, 11) is -2.18. The Balaban J connectivity index is 1.63. The Morgan fingerprint density at radius 2 is 1.97 bits per heavy atom. The molecule has 1 aromatic carbocycles. The molecule has 7 nitrogen and oxygen atoms in total. The molecule has 2 heterocycles. The summed E-state index contributed by atoms with van der Waals surface area (Å²) in [6.07, 6.45) is 3.34. The minimum absolute atomic E-state index is 0.174. The molecule has 0 spiro atoms. The number of aromatic nitrogens is 1. The maximum Gasteiger partial charge on any atom is 0.244 e. The number of nitrogens with zero attached hydrogens (tertiary/aromatic N) is 3. The number of hydrogen-bond donors (Lipinski definition) is 1. The summed E-state index contributed by atoms with van der Waals surface area (Å²) in [4.78, 5) is 6.60. The molecule has 154 valence electrons. The van der Waals surface area contributed by atoms with E-state index in [-0.39, 0.29) is 10.8 Å². The van der Waals surface area contributed by atoms with Crippen molar-refractivity contribution < 1.29 is 13.2 Å². The normalized spacial score (nSPS) is 15.2. The number of methoxy groups -OCH3 is 1. The van der Waals surface area contributed by atoms with Gasteiger partial charge >= 0.3 is 0 Å². The molecule has 0 amide bonds. The fourth-order valence-corrected chi connectivity index (χ4v) is 4.87. The van der Waals surface area contributed by atoms with E-state index < -0.39 is 10.0 Å². The van der Waals surface area contributed by atoms with Gasteiger partial charge in [0, 0.05) is 25.8 Å². The van der Waals surface area contributed by atoms with Gasteiger partial charge in [0.25, 0.3) is 0 Å². The molecule has 0 aliphatic carbocycles. The Morgan fingerprint density at radius 3 is 2.62 bits per heavy atom. The summed E-state index contributed by atoms with van der Waals surface area (Å²) in [5.74, 6) is 1.29. The van der Waals surface area contributed by atoms with Crippen LogP contribution in [-0.2, 0) is 10.0 Å². The molecule has 1 aliphatic rings. The van der Waals surface area contributed by atoms with E-state index in [0.29, 0.717) is 23.7 Å². The molecule has 2 aromatic rings. The molecule has 0 unspecified atom stereocenters. The first-order valence-electron chi connectivity index (χ1n) is 9.60. The Labute approximate surface area is 172 Å². The highest BCUT2D eigenvalue weighted by Crippen LogP contribution is 2.28. The van der Waals surface area contributed by atoms with E-state index in [4.69, 9.17) is 4.74 Å². The van der Waals surface area contributed by atoms with Gasteiger partial charge in [0.05, 0.1) is 12.7 Å². The van der Waals surface area contributed by atoms with Gasteiger partial charge in [-0.1, -0.05) is 0 Å². The van der Waals surface area contributed by atoms with Crippen LogP contribution in [0.5, 0.6) is 5.75 Å². The summed E-state index contributed by atoms with van der Waals surface area (Å²) in [5, 5.41) is 9.26. The standard InChI is InChI=1S/C21H26N4O3S/c1-15-11-19(28-3)20(12-16(15)2)29(26,27)24-14-17-6-9-25(10-7-17)21-18(13-22)5-4-8-23-21/h4-5,8,11-12,17,24H,6-7,9-10,14H2,1-3H3. The van der Waals surface area contributed by atoms with Crippen LogP contribution in [0.25, 0.3) is 0 Å². The second-order valence-corrected chi connectivity index (χ2v) is 9.09. The first-order chi connectivity index (χ1) is 13.9. The molecule has 1 aliphatic heterocycles. The van der Waals surface area contributed by atoms with Crippen LogP contribution in [0, 0.1) is 31.1 Å². The van der Waals surface area contributed by atoms with Crippen molar-refractivity contribution in [3.05, 3.63) is 47.2 Å². The first kappa shape index (κ1) is 21.1. The Morgan fingerprint density at radius 1 is 1.28 bits per heavy atom. The van der Waals surface area contributed by atoms with E-state index in [1.807, 2.05) is 13.8 Å². The van der Waals surface area contributed by atoms with Crippen molar-refractivity contribution in [1.82, 2.24) is 9.71 Å². The Hall–Kier alpha value is -2.63. The van der Waals surface area contributed by atoms with E-state index in [2.05, 4.69) is 20.7 Å². The summed E-state index contributed by atoms with van der Waals surface area (Å²) in [6, 6.07) is 9.11. The van der Waals surface area contributed by atoms with Crippen LogP contribution < -0.4 is 14.4 Å². The lowest BCUT2D eigenvalue weighted by atomic mass is 9.97. The van der Waals surface area contributed by atoms with Gasteiger partial charge in [0.1, 0.15) is 22.5 Å². The number of rotatable bonds is 6. The molecule has 29 heavy (non-hydrogen) atoms. The zero-order valence-corrected chi connectivity index (χ0v) is 17.8. The topological polar surface area (TPSA) is 95.3 Å². The third-order valence-corrected chi connectivity index (χ3v) is 6.90. The number of aryl methyl sites for hydroxylation is 2. The summed E-state index contributed by atoms with van der Waals surface area (Å²) < 4.78 is 33.7. The van der Waals surface area contributed by atoms with E-state index in [9.17, 15) is 13.7 Å². The summed E-state index contributed by atoms with van der Waals surface area (Å²) >= 11 is 0. The highest BCUT2D eigenvalue weighted by atomic mass is 32.2. The van der Waals surface area contributed by atoms with Crippen molar-refractivity contribution in [3.8, 4) is 11.8 Å². The zero-order valence-electron chi connectivity index (χ0n) is 17.0. The number of hydrogen-bond acceptors (Lipinski definition) is 6. The minimum Gasteiger partial charge on any atom is -0.495 e. The predicted molar refractivity (Wildman–Crippen MR) is 112 cm³/mol. The molecule has 0 saturated carbocycles. The van der Waals surface area contributed by atoms with Crippen LogP contribution >= 0.6 is 0 Å².